The molecule has 5 nitrogen and oxygen atoms in total. The Kier molecular flexibility index (Phi) is 5.55. The molecule has 21 heavy (non-hydrogen) atoms. The Bertz CT molecular complexity index is 433. The van der Waals surface area contributed by atoms with Gasteiger partial charge < -0.3 is 5.11 Å². The fourth-order valence-electron chi connectivity index (χ4n) is 3.55. The second kappa shape index (κ2) is 7.61. The van der Waals surface area contributed by atoms with E-state index in [9.17, 15) is 0 Å². The Morgan fingerprint density at radius 1 is 1.29 bits per heavy atom. The number of aliphatic hydroxyl groups is 1. The number of hydrogen-bond donors (Lipinski definition) is 1. The number of piperidine rings is 1. The van der Waals surface area contributed by atoms with Crippen molar-refractivity contribution in [1.82, 2.24) is 19.9 Å². The topological polar surface area (TPSA) is 54.2 Å². The summed E-state index contributed by atoms with van der Waals surface area (Å²) in [5.74, 6) is 3.36. The maximum Gasteiger partial charge on any atom is 0.0849 e. The number of hydrogen-bond acceptors (Lipinski definition) is 5. The highest BCUT2D eigenvalue weighted by atomic mass is 32.2. The molecule has 3 heterocycles. The van der Waals surface area contributed by atoms with Crippen LogP contribution in [0.3, 0.4) is 0 Å². The van der Waals surface area contributed by atoms with Gasteiger partial charge in [0.05, 0.1) is 5.69 Å². The zero-order valence-electron chi connectivity index (χ0n) is 12.7. The van der Waals surface area contributed by atoms with E-state index in [1.807, 2.05) is 10.9 Å². The van der Waals surface area contributed by atoms with E-state index in [-0.39, 0.29) is 6.61 Å². The van der Waals surface area contributed by atoms with Gasteiger partial charge in [-0.2, -0.15) is 11.8 Å². The summed E-state index contributed by atoms with van der Waals surface area (Å²) in [4.78, 5) is 2.72. The SMILES string of the molecule is OCCc1cn(CC2CCCN(C3CCSCC3)C2)nn1. The first-order valence-electron chi connectivity index (χ1n) is 8.17. The van der Waals surface area contributed by atoms with Crippen LogP contribution in [0, 0.1) is 5.92 Å². The largest absolute Gasteiger partial charge is 0.396 e. The van der Waals surface area contributed by atoms with Crippen LogP contribution in [-0.2, 0) is 13.0 Å². The summed E-state index contributed by atoms with van der Waals surface area (Å²) >= 11 is 2.10. The number of nitrogens with zero attached hydrogens (tertiary/aromatic N) is 4. The summed E-state index contributed by atoms with van der Waals surface area (Å²) in [6, 6.07) is 0.815. The Morgan fingerprint density at radius 3 is 2.95 bits per heavy atom. The quantitative estimate of drug-likeness (QED) is 0.891. The molecule has 6 heteroatoms. The summed E-state index contributed by atoms with van der Waals surface area (Å²) < 4.78 is 1.97. The summed E-state index contributed by atoms with van der Waals surface area (Å²) in [6.07, 6.45) is 7.94. The van der Waals surface area contributed by atoms with Gasteiger partial charge in [-0.15, -0.1) is 5.10 Å². The maximum atomic E-state index is 8.94. The van der Waals surface area contributed by atoms with Gasteiger partial charge in [0.25, 0.3) is 0 Å². The van der Waals surface area contributed by atoms with Gasteiger partial charge in [-0.05, 0) is 49.7 Å². The van der Waals surface area contributed by atoms with E-state index in [1.165, 1.54) is 50.3 Å². The van der Waals surface area contributed by atoms with Crippen molar-refractivity contribution >= 4 is 11.8 Å². The van der Waals surface area contributed by atoms with Crippen LogP contribution < -0.4 is 0 Å². The third-order valence-corrected chi connectivity index (χ3v) is 5.71. The molecule has 0 amide bonds. The monoisotopic (exact) mass is 310 g/mol. The minimum atomic E-state index is 0.148. The van der Waals surface area contributed by atoms with Crippen LogP contribution in [-0.4, -0.2) is 62.2 Å². The molecule has 0 radical (unpaired) electrons. The molecule has 0 aromatic carbocycles. The van der Waals surface area contributed by atoms with Crippen LogP contribution >= 0.6 is 11.8 Å². The fraction of sp³-hybridized carbons (Fsp3) is 0.867. The predicted octanol–water partition coefficient (Wildman–Crippen LogP) is 1.42. The van der Waals surface area contributed by atoms with Crippen molar-refractivity contribution in [2.24, 2.45) is 5.92 Å². The third-order valence-electron chi connectivity index (χ3n) is 4.66. The predicted molar refractivity (Wildman–Crippen MR) is 85.5 cm³/mol. The van der Waals surface area contributed by atoms with E-state index in [2.05, 4.69) is 27.0 Å². The second-order valence-corrected chi connectivity index (χ2v) is 7.48. The zero-order valence-corrected chi connectivity index (χ0v) is 13.5. The Labute approximate surface area is 131 Å². The number of likely N-dealkylation sites (tertiary alicyclic amines) is 1. The van der Waals surface area contributed by atoms with Gasteiger partial charge in [-0.25, -0.2) is 0 Å². The van der Waals surface area contributed by atoms with Crippen LogP contribution in [0.4, 0.5) is 0 Å². The van der Waals surface area contributed by atoms with Crippen molar-refractivity contribution in [3.05, 3.63) is 11.9 Å². The number of aliphatic hydroxyl groups excluding tert-OH is 1. The highest BCUT2D eigenvalue weighted by molar-refractivity contribution is 7.99. The van der Waals surface area contributed by atoms with Crippen molar-refractivity contribution in [2.45, 2.75) is 44.7 Å². The number of rotatable bonds is 5. The van der Waals surface area contributed by atoms with Gasteiger partial charge in [0.2, 0.25) is 0 Å². The minimum Gasteiger partial charge on any atom is -0.396 e. The first-order chi connectivity index (χ1) is 10.3. The molecule has 118 valence electrons. The van der Waals surface area contributed by atoms with Crippen molar-refractivity contribution in [2.75, 3.05) is 31.2 Å². The van der Waals surface area contributed by atoms with E-state index >= 15 is 0 Å². The van der Waals surface area contributed by atoms with Crippen molar-refractivity contribution in [1.29, 1.82) is 0 Å². The molecule has 2 aliphatic rings. The first kappa shape index (κ1) is 15.3. The molecule has 1 aromatic rings. The van der Waals surface area contributed by atoms with Crippen molar-refractivity contribution < 1.29 is 5.11 Å². The Morgan fingerprint density at radius 2 is 2.14 bits per heavy atom. The lowest BCUT2D eigenvalue weighted by atomic mass is 9.95. The van der Waals surface area contributed by atoms with E-state index in [4.69, 9.17) is 5.11 Å². The van der Waals surface area contributed by atoms with Gasteiger partial charge in [-0.1, -0.05) is 5.21 Å². The number of aromatic nitrogens is 3. The third kappa shape index (κ3) is 4.20. The molecule has 3 rings (SSSR count). The van der Waals surface area contributed by atoms with Crippen LogP contribution in [0.25, 0.3) is 0 Å². The van der Waals surface area contributed by atoms with E-state index < -0.39 is 0 Å². The van der Waals surface area contributed by atoms with Crippen LogP contribution in [0.2, 0.25) is 0 Å². The maximum absolute atomic E-state index is 8.94. The molecule has 0 aliphatic carbocycles. The van der Waals surface area contributed by atoms with E-state index in [1.54, 1.807) is 0 Å². The Balaban J connectivity index is 1.52. The molecular formula is C15H26N4OS. The summed E-state index contributed by atoms with van der Waals surface area (Å²) in [7, 11) is 0. The molecule has 2 aliphatic heterocycles. The summed E-state index contributed by atoms with van der Waals surface area (Å²) in [5, 5.41) is 17.3. The molecule has 2 saturated heterocycles. The second-order valence-electron chi connectivity index (χ2n) is 6.25. The number of thioether (sulfide) groups is 1. The van der Waals surface area contributed by atoms with Crippen molar-refractivity contribution in [3.8, 4) is 0 Å². The zero-order chi connectivity index (χ0) is 14.5. The molecular weight excluding hydrogens is 284 g/mol. The minimum absolute atomic E-state index is 0.148. The highest BCUT2D eigenvalue weighted by Crippen LogP contribution is 2.27. The van der Waals surface area contributed by atoms with E-state index in [0.717, 1.165) is 18.3 Å². The van der Waals surface area contributed by atoms with Crippen LogP contribution in [0.5, 0.6) is 0 Å². The summed E-state index contributed by atoms with van der Waals surface area (Å²) in [6.45, 7) is 3.61. The van der Waals surface area contributed by atoms with Gasteiger partial charge in [-0.3, -0.25) is 9.58 Å². The Hall–Kier alpha value is -0.590. The molecule has 0 bridgehead atoms. The standard InChI is InChI=1S/C15H26N4OS/c20-7-3-14-12-19(17-16-14)11-13-2-1-6-18(10-13)15-4-8-21-9-5-15/h12-13,15,20H,1-11H2. The van der Waals surface area contributed by atoms with Crippen LogP contribution in [0.15, 0.2) is 6.20 Å². The lowest BCUT2D eigenvalue weighted by molar-refractivity contribution is 0.107. The average molecular weight is 310 g/mol. The molecule has 0 spiro atoms. The van der Waals surface area contributed by atoms with Crippen molar-refractivity contribution in [3.63, 3.8) is 0 Å². The van der Waals surface area contributed by atoms with Crippen LogP contribution in [0.1, 0.15) is 31.4 Å². The summed E-state index contributed by atoms with van der Waals surface area (Å²) in [5.41, 5.74) is 0.898. The molecule has 1 N–H and O–H groups in total. The molecule has 1 atom stereocenters. The first-order valence-corrected chi connectivity index (χ1v) is 9.32. The molecule has 2 fully saturated rings. The highest BCUT2D eigenvalue weighted by Gasteiger charge is 2.27. The fourth-order valence-corrected chi connectivity index (χ4v) is 4.63. The molecule has 0 saturated carbocycles. The van der Waals surface area contributed by atoms with Gasteiger partial charge >= 0.3 is 0 Å². The normalized spacial score (nSPS) is 25.3. The lowest BCUT2D eigenvalue weighted by Crippen LogP contribution is -2.45. The lowest BCUT2D eigenvalue weighted by Gasteiger charge is -2.39. The smallest absolute Gasteiger partial charge is 0.0849 e. The van der Waals surface area contributed by atoms with Gasteiger partial charge in [0.15, 0.2) is 0 Å². The van der Waals surface area contributed by atoms with Gasteiger partial charge in [0, 0.05) is 38.4 Å². The van der Waals surface area contributed by atoms with Gasteiger partial charge in [0.1, 0.15) is 0 Å². The molecule has 1 aromatic heterocycles. The van der Waals surface area contributed by atoms with E-state index in [0.29, 0.717) is 12.3 Å². The molecule has 1 unspecified atom stereocenters. The average Bonchev–Trinajstić information content (AvgIpc) is 2.96.